The van der Waals surface area contributed by atoms with Gasteiger partial charge in [-0.3, -0.25) is 4.79 Å². The minimum Gasteiger partial charge on any atom is -0.273 e. The van der Waals surface area contributed by atoms with Crippen molar-refractivity contribution in [3.05, 3.63) is 28.2 Å². The smallest absolute Gasteiger partial charge is 0.243 e. The Labute approximate surface area is 97.9 Å². The summed E-state index contributed by atoms with van der Waals surface area (Å²) in [4.78, 5) is 11.6. The first-order valence-electron chi connectivity index (χ1n) is 4.62. The molecule has 0 spiro atoms. The van der Waals surface area contributed by atoms with Gasteiger partial charge in [0, 0.05) is 12.5 Å². The van der Waals surface area contributed by atoms with E-state index < -0.39 is 0 Å². The Balaban J connectivity index is 2.41. The van der Waals surface area contributed by atoms with Crippen LogP contribution in [0.15, 0.2) is 18.2 Å². The van der Waals surface area contributed by atoms with E-state index >= 15 is 0 Å². The highest BCUT2D eigenvalue weighted by molar-refractivity contribution is 6.39. The van der Waals surface area contributed by atoms with Crippen molar-refractivity contribution in [3.8, 4) is 0 Å². The SMILES string of the molecule is CC1CC(=O)N(c2c(Cl)cccc2Cl)N1. The summed E-state index contributed by atoms with van der Waals surface area (Å²) in [6.45, 7) is 1.93. The van der Waals surface area contributed by atoms with E-state index in [0.717, 1.165) is 0 Å². The Kier molecular flexibility index (Phi) is 2.87. The first-order valence-corrected chi connectivity index (χ1v) is 5.38. The van der Waals surface area contributed by atoms with E-state index in [1.807, 2.05) is 6.92 Å². The summed E-state index contributed by atoms with van der Waals surface area (Å²) in [5.74, 6) is -0.0162. The number of anilines is 1. The van der Waals surface area contributed by atoms with Gasteiger partial charge in [-0.05, 0) is 19.1 Å². The minimum atomic E-state index is -0.0162. The number of carbonyl (C=O) groups excluding carboxylic acids is 1. The zero-order valence-corrected chi connectivity index (χ0v) is 9.64. The molecule has 2 rings (SSSR count). The third-order valence-electron chi connectivity index (χ3n) is 2.24. The Bertz CT molecular complexity index is 388. The van der Waals surface area contributed by atoms with Gasteiger partial charge in [0.1, 0.15) is 0 Å². The molecule has 80 valence electrons. The second-order valence-electron chi connectivity index (χ2n) is 3.53. The van der Waals surface area contributed by atoms with Crippen LogP contribution < -0.4 is 10.4 Å². The standard InChI is InChI=1S/C10H10Cl2N2O/c1-6-5-9(15)14(13-6)10-7(11)3-2-4-8(10)12/h2-4,6,13H,5H2,1H3. The Morgan fingerprint density at radius 2 is 2.00 bits per heavy atom. The van der Waals surface area contributed by atoms with Crippen LogP contribution in [-0.2, 0) is 4.79 Å². The van der Waals surface area contributed by atoms with Gasteiger partial charge in [-0.25, -0.2) is 10.4 Å². The highest BCUT2D eigenvalue weighted by Crippen LogP contribution is 2.34. The molecule has 3 nitrogen and oxygen atoms in total. The normalized spacial score (nSPS) is 21.1. The zero-order valence-electron chi connectivity index (χ0n) is 8.13. The van der Waals surface area contributed by atoms with Gasteiger partial charge in [0.25, 0.3) is 0 Å². The fourth-order valence-corrected chi connectivity index (χ4v) is 2.15. The van der Waals surface area contributed by atoms with Crippen molar-refractivity contribution in [3.63, 3.8) is 0 Å². The molecular weight excluding hydrogens is 235 g/mol. The molecule has 1 heterocycles. The molecule has 1 atom stereocenters. The van der Waals surface area contributed by atoms with Crippen molar-refractivity contribution in [2.45, 2.75) is 19.4 Å². The number of benzene rings is 1. The van der Waals surface area contributed by atoms with Crippen LogP contribution in [0.1, 0.15) is 13.3 Å². The van der Waals surface area contributed by atoms with E-state index in [4.69, 9.17) is 23.2 Å². The van der Waals surface area contributed by atoms with E-state index in [0.29, 0.717) is 22.2 Å². The fraction of sp³-hybridized carbons (Fsp3) is 0.300. The molecule has 1 N–H and O–H groups in total. The topological polar surface area (TPSA) is 32.3 Å². The number of halogens is 2. The molecular formula is C10H10Cl2N2O. The first kappa shape index (κ1) is 10.7. The molecule has 5 heteroatoms. The molecule has 15 heavy (non-hydrogen) atoms. The van der Waals surface area contributed by atoms with Crippen LogP contribution in [0.2, 0.25) is 10.0 Å². The monoisotopic (exact) mass is 244 g/mol. The largest absolute Gasteiger partial charge is 0.273 e. The minimum absolute atomic E-state index is 0.0162. The van der Waals surface area contributed by atoms with E-state index in [1.54, 1.807) is 18.2 Å². The summed E-state index contributed by atoms with van der Waals surface area (Å²) < 4.78 is 0. The van der Waals surface area contributed by atoms with E-state index in [2.05, 4.69) is 5.43 Å². The molecule has 1 saturated heterocycles. The molecule has 0 bridgehead atoms. The molecule has 1 fully saturated rings. The van der Waals surface area contributed by atoms with Gasteiger partial charge < -0.3 is 0 Å². The lowest BCUT2D eigenvalue weighted by Gasteiger charge is -2.19. The maximum absolute atomic E-state index is 11.6. The van der Waals surface area contributed by atoms with Gasteiger partial charge in [-0.1, -0.05) is 29.3 Å². The van der Waals surface area contributed by atoms with E-state index in [1.165, 1.54) is 5.01 Å². The maximum Gasteiger partial charge on any atom is 0.243 e. The van der Waals surface area contributed by atoms with Crippen molar-refractivity contribution in [2.75, 3.05) is 5.01 Å². The van der Waals surface area contributed by atoms with Gasteiger partial charge in [-0.15, -0.1) is 0 Å². The van der Waals surface area contributed by atoms with Crippen LogP contribution in [0.25, 0.3) is 0 Å². The van der Waals surface area contributed by atoms with Gasteiger partial charge in [0.2, 0.25) is 5.91 Å². The third-order valence-corrected chi connectivity index (χ3v) is 2.85. The molecule has 1 amide bonds. The number of carbonyl (C=O) groups is 1. The third kappa shape index (κ3) is 1.95. The number of hydrogen-bond donors (Lipinski definition) is 1. The zero-order chi connectivity index (χ0) is 11.0. The molecule has 0 aliphatic carbocycles. The van der Waals surface area contributed by atoms with Crippen LogP contribution >= 0.6 is 23.2 Å². The number of para-hydroxylation sites is 1. The van der Waals surface area contributed by atoms with Crippen LogP contribution in [0.3, 0.4) is 0 Å². The van der Waals surface area contributed by atoms with Crippen LogP contribution in [0.5, 0.6) is 0 Å². The Hall–Kier alpha value is -0.770. The second-order valence-corrected chi connectivity index (χ2v) is 4.35. The highest BCUT2D eigenvalue weighted by Gasteiger charge is 2.29. The van der Waals surface area contributed by atoms with E-state index in [-0.39, 0.29) is 11.9 Å². The Morgan fingerprint density at radius 3 is 2.47 bits per heavy atom. The van der Waals surface area contributed by atoms with Gasteiger partial charge in [0.15, 0.2) is 0 Å². The second kappa shape index (κ2) is 4.00. The molecule has 1 aliphatic heterocycles. The number of nitrogens with one attached hydrogen (secondary N) is 1. The lowest BCUT2D eigenvalue weighted by Crippen LogP contribution is -2.37. The van der Waals surface area contributed by atoms with Gasteiger partial charge in [0.05, 0.1) is 15.7 Å². The van der Waals surface area contributed by atoms with E-state index in [9.17, 15) is 4.79 Å². The summed E-state index contributed by atoms with van der Waals surface area (Å²) in [5.41, 5.74) is 3.55. The number of rotatable bonds is 1. The molecule has 0 saturated carbocycles. The van der Waals surface area contributed by atoms with Crippen LogP contribution in [0, 0.1) is 0 Å². The summed E-state index contributed by atoms with van der Waals surface area (Å²) in [5, 5.41) is 2.37. The summed E-state index contributed by atoms with van der Waals surface area (Å²) in [6, 6.07) is 5.28. The van der Waals surface area contributed by atoms with Crippen molar-refractivity contribution in [1.82, 2.24) is 5.43 Å². The van der Waals surface area contributed by atoms with Crippen molar-refractivity contribution < 1.29 is 4.79 Å². The molecule has 1 unspecified atom stereocenters. The lowest BCUT2D eigenvalue weighted by atomic mass is 10.2. The molecule has 0 aromatic heterocycles. The number of nitrogens with zero attached hydrogens (tertiary/aromatic N) is 1. The molecule has 1 aromatic carbocycles. The van der Waals surface area contributed by atoms with Crippen LogP contribution in [-0.4, -0.2) is 11.9 Å². The number of hydrogen-bond acceptors (Lipinski definition) is 2. The van der Waals surface area contributed by atoms with Gasteiger partial charge in [-0.2, -0.15) is 0 Å². The molecule has 0 radical (unpaired) electrons. The van der Waals surface area contributed by atoms with Crippen molar-refractivity contribution in [1.29, 1.82) is 0 Å². The highest BCUT2D eigenvalue weighted by atomic mass is 35.5. The molecule has 1 aliphatic rings. The Morgan fingerprint density at radius 1 is 1.40 bits per heavy atom. The summed E-state index contributed by atoms with van der Waals surface area (Å²) in [7, 11) is 0. The predicted octanol–water partition coefficient (Wildman–Crippen LogP) is 2.62. The number of amides is 1. The maximum atomic E-state index is 11.6. The quantitative estimate of drug-likeness (QED) is 0.824. The summed E-state index contributed by atoms with van der Waals surface area (Å²) >= 11 is 12.0. The first-order chi connectivity index (χ1) is 7.09. The predicted molar refractivity (Wildman–Crippen MR) is 61.2 cm³/mol. The van der Waals surface area contributed by atoms with Crippen molar-refractivity contribution in [2.24, 2.45) is 0 Å². The van der Waals surface area contributed by atoms with Crippen molar-refractivity contribution >= 4 is 34.8 Å². The molecule has 1 aromatic rings. The lowest BCUT2D eigenvalue weighted by molar-refractivity contribution is -0.117. The number of hydrazine groups is 1. The fourth-order valence-electron chi connectivity index (χ4n) is 1.58. The average Bonchev–Trinajstić information content (AvgIpc) is 2.45. The summed E-state index contributed by atoms with van der Waals surface area (Å²) in [6.07, 6.45) is 0.460. The van der Waals surface area contributed by atoms with Crippen LogP contribution in [0.4, 0.5) is 5.69 Å². The van der Waals surface area contributed by atoms with Gasteiger partial charge >= 0.3 is 0 Å². The average molecular weight is 245 g/mol.